The highest BCUT2D eigenvalue weighted by Gasteiger charge is 2.57. The second kappa shape index (κ2) is 12.7. The largest absolute Gasteiger partial charge is 0.464 e. The van der Waals surface area contributed by atoms with Gasteiger partial charge in [0.1, 0.15) is 11.6 Å². The Morgan fingerprint density at radius 2 is 1.92 bits per heavy atom. The van der Waals surface area contributed by atoms with Crippen LogP contribution in [-0.2, 0) is 37.1 Å². The smallest absolute Gasteiger partial charge is 0.422 e. The number of halogens is 4. The van der Waals surface area contributed by atoms with E-state index in [2.05, 4.69) is 4.98 Å². The number of rotatable bonds is 12. The Balaban J connectivity index is 2.05. The van der Waals surface area contributed by atoms with Gasteiger partial charge in [0.15, 0.2) is 0 Å². The summed E-state index contributed by atoms with van der Waals surface area (Å²) in [6, 6.07) is 8.61. The fourth-order valence-electron chi connectivity index (χ4n) is 4.02. The molecular weight excluding hydrogens is 571 g/mol. The van der Waals surface area contributed by atoms with E-state index in [0.29, 0.717) is 17.8 Å². The topological polar surface area (TPSA) is 128 Å². The normalized spacial score (nSPS) is 20.2. The third kappa shape index (κ3) is 7.29. The molecule has 0 saturated carbocycles. The van der Waals surface area contributed by atoms with Gasteiger partial charge in [-0.2, -0.15) is 25.9 Å². The molecule has 1 aliphatic rings. The average molecular weight is 598 g/mol. The Bertz CT molecular complexity index is 1240. The zero-order valence-corrected chi connectivity index (χ0v) is 22.5. The maximum Gasteiger partial charge on any atom is 0.422 e. The van der Waals surface area contributed by atoms with Crippen LogP contribution in [0.5, 0.6) is 5.88 Å². The maximum atomic E-state index is 13.9. The minimum atomic E-state index is -4.86. The van der Waals surface area contributed by atoms with E-state index in [1.54, 1.807) is 30.3 Å². The number of benzene rings is 1. The van der Waals surface area contributed by atoms with Crippen LogP contribution in [0.4, 0.5) is 18.0 Å². The molecule has 1 aromatic heterocycles. The highest BCUT2D eigenvalue weighted by molar-refractivity contribution is 7.87. The number of amides is 1. The van der Waals surface area contributed by atoms with Crippen molar-refractivity contribution in [1.29, 1.82) is 0 Å². The molecule has 0 bridgehead atoms. The average Bonchev–Trinajstić information content (AvgIpc) is 3.22. The number of pyridine rings is 1. The molecule has 0 radical (unpaired) electrons. The van der Waals surface area contributed by atoms with E-state index in [0.717, 1.165) is 4.31 Å². The van der Waals surface area contributed by atoms with Crippen molar-refractivity contribution < 1.29 is 50.4 Å². The molecule has 2 atom stereocenters. The summed E-state index contributed by atoms with van der Waals surface area (Å²) in [4.78, 5) is 15.8. The Kier molecular flexibility index (Phi) is 10.0. The number of nitrogens with zero attached hydrogens (tertiary/aromatic N) is 3. The molecule has 1 fully saturated rings. The standard InChI is InChI=1S/C23H27ClF3N3O8S/c1-35-8-9-37-18-11-22(15-36-2,38-20-19(24)10-17(12-28-20)23(25,26)27)30(14-18)39(33,34)29(21(31)32)13-16-6-4-3-5-7-16/h3-7,10,12,18H,8-9,11,13-15H2,1-2H3,(H,31,32)/t18?,22-/m0/s1. The second-order valence-electron chi connectivity index (χ2n) is 8.49. The Hall–Kier alpha value is -2.69. The molecule has 1 aromatic carbocycles. The third-order valence-corrected chi connectivity index (χ3v) is 7.89. The van der Waals surface area contributed by atoms with E-state index in [1.165, 1.54) is 14.2 Å². The van der Waals surface area contributed by atoms with Gasteiger partial charge in [-0.15, -0.1) is 4.31 Å². The number of hydrogen-bond acceptors (Lipinski definition) is 8. The van der Waals surface area contributed by atoms with E-state index >= 15 is 0 Å². The van der Waals surface area contributed by atoms with Crippen molar-refractivity contribution in [1.82, 2.24) is 13.6 Å². The molecule has 216 valence electrons. The number of ether oxygens (including phenoxy) is 4. The van der Waals surface area contributed by atoms with Crippen molar-refractivity contribution in [3.63, 3.8) is 0 Å². The number of carbonyl (C=O) groups is 1. The minimum absolute atomic E-state index is 0.0735. The number of methoxy groups -OCH3 is 2. The highest BCUT2D eigenvalue weighted by atomic mass is 35.5. The van der Waals surface area contributed by atoms with Gasteiger partial charge in [-0.05, 0) is 11.6 Å². The SMILES string of the molecule is COCCOC1CN(S(=O)(=O)N(Cc2ccccc2)C(=O)O)[C@](COC)(Oc2ncc(C(F)(F)F)cc2Cl)C1. The summed E-state index contributed by atoms with van der Waals surface area (Å²) in [5.41, 5.74) is -2.73. The van der Waals surface area contributed by atoms with Crippen LogP contribution >= 0.6 is 11.6 Å². The summed E-state index contributed by atoms with van der Waals surface area (Å²) in [5.74, 6) is -0.510. The fourth-order valence-corrected chi connectivity index (χ4v) is 5.91. The van der Waals surface area contributed by atoms with Crippen LogP contribution in [0.1, 0.15) is 17.5 Å². The second-order valence-corrected chi connectivity index (χ2v) is 10.7. The number of hydrogen-bond donors (Lipinski definition) is 1. The van der Waals surface area contributed by atoms with E-state index in [4.69, 9.17) is 30.5 Å². The monoisotopic (exact) mass is 597 g/mol. The number of carboxylic acid groups (broad SMARTS) is 1. The van der Waals surface area contributed by atoms with Crippen molar-refractivity contribution in [2.75, 3.05) is 40.6 Å². The van der Waals surface area contributed by atoms with Gasteiger partial charge >= 0.3 is 22.5 Å². The van der Waals surface area contributed by atoms with Crippen LogP contribution in [0.15, 0.2) is 42.6 Å². The molecule has 39 heavy (non-hydrogen) atoms. The van der Waals surface area contributed by atoms with Crippen molar-refractivity contribution in [2.45, 2.75) is 31.0 Å². The van der Waals surface area contributed by atoms with Gasteiger partial charge in [0.2, 0.25) is 11.6 Å². The molecular formula is C23H27ClF3N3O8S. The van der Waals surface area contributed by atoms with Crippen molar-refractivity contribution in [3.8, 4) is 5.88 Å². The van der Waals surface area contributed by atoms with Gasteiger partial charge in [0, 0.05) is 33.4 Å². The molecule has 1 aliphatic heterocycles. The first-order valence-electron chi connectivity index (χ1n) is 11.4. The lowest BCUT2D eigenvalue weighted by Gasteiger charge is -2.38. The van der Waals surface area contributed by atoms with Crippen molar-refractivity contribution >= 4 is 27.9 Å². The van der Waals surface area contributed by atoms with Crippen LogP contribution in [0.2, 0.25) is 5.02 Å². The number of alkyl halides is 3. The Labute approximate surface area is 228 Å². The first-order valence-corrected chi connectivity index (χ1v) is 13.2. The Morgan fingerprint density at radius 3 is 2.49 bits per heavy atom. The predicted octanol–water partition coefficient (Wildman–Crippen LogP) is 3.64. The molecule has 2 aromatic rings. The van der Waals surface area contributed by atoms with Crippen LogP contribution in [0.3, 0.4) is 0 Å². The predicted molar refractivity (Wildman–Crippen MR) is 131 cm³/mol. The molecule has 0 spiro atoms. The van der Waals surface area contributed by atoms with Gasteiger partial charge in [-0.3, -0.25) is 0 Å². The molecule has 16 heteroatoms. The zero-order chi connectivity index (χ0) is 28.8. The van der Waals surface area contributed by atoms with Gasteiger partial charge in [0.05, 0.1) is 31.4 Å². The number of aromatic nitrogens is 1. The molecule has 1 unspecified atom stereocenters. The summed E-state index contributed by atoms with van der Waals surface area (Å²) in [6.07, 6.45) is -7.03. The first-order chi connectivity index (χ1) is 18.3. The van der Waals surface area contributed by atoms with Gasteiger partial charge in [0.25, 0.3) is 0 Å². The van der Waals surface area contributed by atoms with Crippen LogP contribution in [0, 0.1) is 0 Å². The zero-order valence-electron chi connectivity index (χ0n) is 20.9. The lowest BCUT2D eigenvalue weighted by molar-refractivity contribution is -0.137. The maximum absolute atomic E-state index is 13.9. The fraction of sp³-hybridized carbons (Fsp3) is 0.478. The first kappa shape index (κ1) is 30.8. The molecule has 1 saturated heterocycles. The minimum Gasteiger partial charge on any atom is -0.464 e. The van der Waals surface area contributed by atoms with E-state index in [-0.39, 0.29) is 30.5 Å². The van der Waals surface area contributed by atoms with Crippen LogP contribution in [0.25, 0.3) is 0 Å². The molecule has 3 rings (SSSR count). The molecule has 1 amide bonds. The van der Waals surface area contributed by atoms with Gasteiger partial charge < -0.3 is 24.1 Å². The molecule has 1 N–H and O–H groups in total. The van der Waals surface area contributed by atoms with Crippen LogP contribution in [-0.4, -0.2) is 85.6 Å². The van der Waals surface area contributed by atoms with Gasteiger partial charge in [-0.25, -0.2) is 9.78 Å². The molecule has 2 heterocycles. The summed E-state index contributed by atoms with van der Waals surface area (Å²) in [6.45, 7) is -1.10. The van der Waals surface area contributed by atoms with Gasteiger partial charge in [-0.1, -0.05) is 41.9 Å². The quantitative estimate of drug-likeness (QED) is 0.365. The highest BCUT2D eigenvalue weighted by Crippen LogP contribution is 2.40. The van der Waals surface area contributed by atoms with E-state index in [9.17, 15) is 31.5 Å². The van der Waals surface area contributed by atoms with Crippen molar-refractivity contribution in [3.05, 3.63) is 58.7 Å². The molecule has 11 nitrogen and oxygen atoms in total. The summed E-state index contributed by atoms with van der Waals surface area (Å²) in [7, 11) is -2.17. The summed E-state index contributed by atoms with van der Waals surface area (Å²) in [5, 5.41) is 9.33. The lowest BCUT2D eigenvalue weighted by Crippen LogP contribution is -2.58. The molecule has 0 aliphatic carbocycles. The van der Waals surface area contributed by atoms with Crippen molar-refractivity contribution in [2.24, 2.45) is 0 Å². The van der Waals surface area contributed by atoms with Crippen LogP contribution < -0.4 is 4.74 Å². The van der Waals surface area contributed by atoms with E-state index < -0.39 is 63.9 Å². The third-order valence-electron chi connectivity index (χ3n) is 5.74. The van der Waals surface area contributed by atoms with E-state index in [1.807, 2.05) is 0 Å². The lowest BCUT2D eigenvalue weighted by atomic mass is 10.1. The Morgan fingerprint density at radius 1 is 1.23 bits per heavy atom. The summed E-state index contributed by atoms with van der Waals surface area (Å²) >= 11 is 6.05. The summed E-state index contributed by atoms with van der Waals surface area (Å²) < 4.78 is 89.9.